The van der Waals surface area contributed by atoms with E-state index in [2.05, 4.69) is 5.32 Å². The molecule has 1 aromatic carbocycles. The van der Waals surface area contributed by atoms with Crippen LogP contribution < -0.4 is 5.32 Å². The first kappa shape index (κ1) is 19.9. The normalized spacial score (nSPS) is 17.0. The maximum atomic E-state index is 12.6. The largest absolute Gasteiger partial charge is 0.339 e. The van der Waals surface area contributed by atoms with Crippen LogP contribution in [0.25, 0.3) is 0 Å². The standard InChI is InChI=1S/C20H29N3O3/c1-12(2)23-10-16(9-18(23)25)20(26)22(6)11-17(24)21-19-14(4)7-13(3)8-15(19)5/h7-8,12,16H,9-11H2,1-6H3,(H,21,24). The van der Waals surface area contributed by atoms with E-state index in [9.17, 15) is 14.4 Å². The number of nitrogens with zero attached hydrogens (tertiary/aromatic N) is 2. The quantitative estimate of drug-likeness (QED) is 0.877. The van der Waals surface area contributed by atoms with E-state index in [1.165, 1.54) is 4.90 Å². The molecule has 1 aliphatic heterocycles. The fraction of sp³-hybridized carbons (Fsp3) is 0.550. The summed E-state index contributed by atoms with van der Waals surface area (Å²) in [5.41, 5.74) is 3.94. The molecule has 0 aliphatic carbocycles. The summed E-state index contributed by atoms with van der Waals surface area (Å²) in [4.78, 5) is 40.1. The molecular weight excluding hydrogens is 330 g/mol. The third kappa shape index (κ3) is 4.42. The van der Waals surface area contributed by atoms with Crippen molar-refractivity contribution in [1.82, 2.24) is 9.80 Å². The highest BCUT2D eigenvalue weighted by Crippen LogP contribution is 2.23. The van der Waals surface area contributed by atoms with E-state index in [4.69, 9.17) is 0 Å². The molecule has 1 saturated heterocycles. The third-order valence-corrected chi connectivity index (χ3v) is 4.83. The van der Waals surface area contributed by atoms with Crippen molar-refractivity contribution in [3.8, 4) is 0 Å². The zero-order valence-electron chi connectivity index (χ0n) is 16.5. The van der Waals surface area contributed by atoms with Gasteiger partial charge in [-0.05, 0) is 45.7 Å². The van der Waals surface area contributed by atoms with Gasteiger partial charge in [-0.3, -0.25) is 14.4 Å². The summed E-state index contributed by atoms with van der Waals surface area (Å²) in [5, 5.41) is 2.91. The van der Waals surface area contributed by atoms with Crippen LogP contribution in [0.15, 0.2) is 12.1 Å². The summed E-state index contributed by atoms with van der Waals surface area (Å²) in [5.74, 6) is -0.761. The molecule has 1 heterocycles. The van der Waals surface area contributed by atoms with Crippen LogP contribution in [0.1, 0.15) is 37.0 Å². The lowest BCUT2D eigenvalue weighted by Gasteiger charge is -2.23. The molecule has 1 fully saturated rings. The maximum Gasteiger partial charge on any atom is 0.243 e. The van der Waals surface area contributed by atoms with E-state index < -0.39 is 0 Å². The molecule has 0 radical (unpaired) electrons. The van der Waals surface area contributed by atoms with Gasteiger partial charge in [0.25, 0.3) is 0 Å². The monoisotopic (exact) mass is 359 g/mol. The lowest BCUT2D eigenvalue weighted by molar-refractivity contribution is -0.137. The first-order valence-corrected chi connectivity index (χ1v) is 9.02. The Labute approximate surface area is 155 Å². The number of nitrogens with one attached hydrogen (secondary N) is 1. The van der Waals surface area contributed by atoms with Crippen molar-refractivity contribution >= 4 is 23.4 Å². The summed E-state index contributed by atoms with van der Waals surface area (Å²) in [6.45, 7) is 10.2. The minimum Gasteiger partial charge on any atom is -0.339 e. The van der Waals surface area contributed by atoms with E-state index in [1.807, 2.05) is 46.8 Å². The summed E-state index contributed by atoms with van der Waals surface area (Å²) < 4.78 is 0. The van der Waals surface area contributed by atoms with E-state index in [-0.39, 0.29) is 42.6 Å². The van der Waals surface area contributed by atoms with Crippen molar-refractivity contribution in [3.05, 3.63) is 28.8 Å². The Hall–Kier alpha value is -2.37. The second-order valence-electron chi connectivity index (χ2n) is 7.56. The highest BCUT2D eigenvalue weighted by Gasteiger charge is 2.37. The van der Waals surface area contributed by atoms with Crippen molar-refractivity contribution in [2.24, 2.45) is 5.92 Å². The molecular formula is C20H29N3O3. The third-order valence-electron chi connectivity index (χ3n) is 4.83. The number of hydrogen-bond donors (Lipinski definition) is 1. The Morgan fingerprint density at radius 3 is 2.31 bits per heavy atom. The smallest absolute Gasteiger partial charge is 0.243 e. The Balaban J connectivity index is 1.97. The molecule has 0 saturated carbocycles. The number of likely N-dealkylation sites (N-methyl/N-ethyl adjacent to an activating group) is 1. The second kappa shape index (κ2) is 7.89. The van der Waals surface area contributed by atoms with E-state index >= 15 is 0 Å². The average Bonchev–Trinajstić information content (AvgIpc) is 2.92. The number of likely N-dealkylation sites (tertiary alicyclic amines) is 1. The molecule has 0 aromatic heterocycles. The fourth-order valence-electron chi connectivity index (χ4n) is 3.56. The van der Waals surface area contributed by atoms with Crippen molar-refractivity contribution in [1.29, 1.82) is 0 Å². The Bertz CT molecular complexity index is 704. The summed E-state index contributed by atoms with van der Waals surface area (Å²) in [6, 6.07) is 4.12. The van der Waals surface area contributed by atoms with Crippen LogP contribution in [-0.4, -0.2) is 53.7 Å². The van der Waals surface area contributed by atoms with Gasteiger partial charge in [-0.25, -0.2) is 0 Å². The zero-order chi connectivity index (χ0) is 19.6. The average molecular weight is 359 g/mol. The van der Waals surface area contributed by atoms with Crippen LogP contribution >= 0.6 is 0 Å². The molecule has 1 unspecified atom stereocenters. The SMILES string of the molecule is Cc1cc(C)c(NC(=O)CN(C)C(=O)C2CC(=O)N(C(C)C)C2)c(C)c1. The second-order valence-corrected chi connectivity index (χ2v) is 7.56. The van der Waals surface area contributed by atoms with Crippen molar-refractivity contribution in [3.63, 3.8) is 0 Å². The molecule has 1 aromatic rings. The van der Waals surface area contributed by atoms with Gasteiger partial charge in [0, 0.05) is 31.7 Å². The predicted octanol–water partition coefficient (Wildman–Crippen LogP) is 2.27. The number of carbonyl (C=O) groups is 3. The molecule has 26 heavy (non-hydrogen) atoms. The Morgan fingerprint density at radius 2 is 1.81 bits per heavy atom. The van der Waals surface area contributed by atoms with E-state index in [0.29, 0.717) is 6.54 Å². The molecule has 0 bridgehead atoms. The lowest BCUT2D eigenvalue weighted by atomic mass is 10.0. The van der Waals surface area contributed by atoms with Crippen LogP contribution in [-0.2, 0) is 14.4 Å². The number of carbonyl (C=O) groups excluding carboxylic acids is 3. The molecule has 3 amide bonds. The lowest BCUT2D eigenvalue weighted by Crippen LogP contribution is -2.40. The fourth-order valence-corrected chi connectivity index (χ4v) is 3.56. The minimum absolute atomic E-state index is 0.00195. The summed E-state index contributed by atoms with van der Waals surface area (Å²) in [6.07, 6.45) is 0.221. The highest BCUT2D eigenvalue weighted by atomic mass is 16.2. The van der Waals surface area contributed by atoms with Crippen molar-refractivity contribution < 1.29 is 14.4 Å². The first-order valence-electron chi connectivity index (χ1n) is 9.02. The molecule has 142 valence electrons. The van der Waals surface area contributed by atoms with Crippen LogP contribution in [0.2, 0.25) is 0 Å². The molecule has 2 rings (SSSR count). The van der Waals surface area contributed by atoms with Gasteiger partial charge in [-0.2, -0.15) is 0 Å². The Kier molecular flexibility index (Phi) is 6.05. The number of anilines is 1. The Morgan fingerprint density at radius 1 is 1.23 bits per heavy atom. The van der Waals surface area contributed by atoms with Crippen molar-refractivity contribution in [2.75, 3.05) is 25.5 Å². The van der Waals surface area contributed by atoms with E-state index in [1.54, 1.807) is 11.9 Å². The van der Waals surface area contributed by atoms with Gasteiger partial charge >= 0.3 is 0 Å². The number of hydrogen-bond acceptors (Lipinski definition) is 3. The van der Waals surface area contributed by atoms with Crippen molar-refractivity contribution in [2.45, 2.75) is 47.1 Å². The predicted molar refractivity (Wildman–Crippen MR) is 102 cm³/mol. The maximum absolute atomic E-state index is 12.6. The van der Waals surface area contributed by atoms with Crippen LogP contribution in [0.5, 0.6) is 0 Å². The highest BCUT2D eigenvalue weighted by molar-refractivity contribution is 5.97. The molecule has 0 spiro atoms. The van der Waals surface area contributed by atoms with Gasteiger partial charge in [0.15, 0.2) is 0 Å². The number of amides is 3. The van der Waals surface area contributed by atoms with Gasteiger partial charge in [0.1, 0.15) is 0 Å². The molecule has 1 atom stereocenters. The first-order chi connectivity index (χ1) is 12.1. The minimum atomic E-state index is -0.370. The van der Waals surface area contributed by atoms with Gasteiger partial charge in [0.2, 0.25) is 17.7 Å². The molecule has 6 nitrogen and oxygen atoms in total. The van der Waals surface area contributed by atoms with Gasteiger partial charge in [0.05, 0.1) is 12.5 Å². The summed E-state index contributed by atoms with van der Waals surface area (Å²) >= 11 is 0. The number of aryl methyl sites for hydroxylation is 3. The van der Waals surface area contributed by atoms with Crippen LogP contribution in [0.3, 0.4) is 0 Å². The van der Waals surface area contributed by atoms with E-state index in [0.717, 1.165) is 22.4 Å². The summed E-state index contributed by atoms with van der Waals surface area (Å²) in [7, 11) is 1.61. The van der Waals surface area contributed by atoms with Gasteiger partial charge in [-0.15, -0.1) is 0 Å². The van der Waals surface area contributed by atoms with Crippen LogP contribution in [0.4, 0.5) is 5.69 Å². The number of benzene rings is 1. The van der Waals surface area contributed by atoms with Gasteiger partial charge < -0.3 is 15.1 Å². The number of rotatable bonds is 5. The van der Waals surface area contributed by atoms with Crippen LogP contribution in [0, 0.1) is 26.7 Å². The molecule has 6 heteroatoms. The molecule has 1 aliphatic rings. The van der Waals surface area contributed by atoms with Gasteiger partial charge in [-0.1, -0.05) is 17.7 Å². The topological polar surface area (TPSA) is 69.7 Å². The molecule has 1 N–H and O–H groups in total. The zero-order valence-corrected chi connectivity index (χ0v) is 16.5.